The van der Waals surface area contributed by atoms with Crippen LogP contribution in [0.3, 0.4) is 0 Å². The molecule has 0 heterocycles. The molecule has 0 amide bonds. The summed E-state index contributed by atoms with van der Waals surface area (Å²) in [6.45, 7) is 0. The van der Waals surface area contributed by atoms with Gasteiger partial charge in [-0.05, 0) is 108 Å². The Bertz CT molecular complexity index is 2670. The summed E-state index contributed by atoms with van der Waals surface area (Å²) in [5.41, 5.74) is 4.31. The average molecular weight is 647 g/mol. The van der Waals surface area contributed by atoms with Crippen LogP contribution < -0.4 is 0 Å². The van der Waals surface area contributed by atoms with Crippen LogP contribution >= 0.6 is 0 Å². The Balaban J connectivity index is 1.29. The van der Waals surface area contributed by atoms with Crippen molar-refractivity contribution < 1.29 is 13.6 Å². The molecule has 0 fully saturated rings. The van der Waals surface area contributed by atoms with E-state index in [1.165, 1.54) is 29.0 Å². The van der Waals surface area contributed by atoms with Gasteiger partial charge in [0.1, 0.15) is 11.6 Å². The number of fused-ring (bicyclic) bond motifs is 4. The summed E-state index contributed by atoms with van der Waals surface area (Å²) >= 11 is 0. The lowest BCUT2D eigenvalue weighted by molar-refractivity contribution is 0.103. The molecule has 0 aliphatic carbocycles. The lowest BCUT2D eigenvalue weighted by atomic mass is 9.85. The molecule has 9 aromatic rings. The van der Waals surface area contributed by atoms with Gasteiger partial charge in [0.15, 0.2) is 5.78 Å². The predicted octanol–water partition coefficient (Wildman–Crippen LogP) is 12.8. The first-order valence-corrected chi connectivity index (χ1v) is 16.6. The van der Waals surface area contributed by atoms with E-state index in [4.69, 9.17) is 0 Å². The van der Waals surface area contributed by atoms with Crippen molar-refractivity contribution in [3.8, 4) is 33.4 Å². The Morgan fingerprint density at radius 2 is 0.840 bits per heavy atom. The third-order valence-electron chi connectivity index (χ3n) is 9.72. The number of benzene rings is 9. The van der Waals surface area contributed by atoms with E-state index in [1.54, 1.807) is 30.3 Å². The number of hydrogen-bond donors (Lipinski definition) is 0. The predicted molar refractivity (Wildman–Crippen MR) is 203 cm³/mol. The molecule has 3 heteroatoms. The van der Waals surface area contributed by atoms with Gasteiger partial charge in [0.05, 0.1) is 5.56 Å². The Kier molecular flexibility index (Phi) is 7.06. The maximum atomic E-state index is 15.4. The molecular weight excluding hydrogens is 619 g/mol. The lowest BCUT2D eigenvalue weighted by Gasteiger charge is -2.18. The zero-order valence-corrected chi connectivity index (χ0v) is 26.8. The van der Waals surface area contributed by atoms with Gasteiger partial charge in [-0.25, -0.2) is 8.78 Å². The first kappa shape index (κ1) is 29.7. The monoisotopic (exact) mass is 646 g/mol. The van der Waals surface area contributed by atoms with Gasteiger partial charge in [0, 0.05) is 16.7 Å². The zero-order chi connectivity index (χ0) is 33.8. The average Bonchev–Trinajstić information content (AvgIpc) is 3.15. The van der Waals surface area contributed by atoms with E-state index in [9.17, 15) is 4.79 Å². The highest BCUT2D eigenvalue weighted by atomic mass is 19.1. The van der Waals surface area contributed by atoms with Gasteiger partial charge in [-0.2, -0.15) is 0 Å². The standard InChI is InChI=1S/C47H28F2O/c48-42-18-9-19-43(49)46(42)38-16-8-17-39(47(50)31-10-2-1-3-11-31)44(38)29-20-22-30(23-21-29)45-40-27-34-14-6-4-12-32(34)24-36(40)26-37-25-33-13-5-7-15-35(33)28-41(37)45/h1-28H. The van der Waals surface area contributed by atoms with Gasteiger partial charge in [-0.3, -0.25) is 4.79 Å². The largest absolute Gasteiger partial charge is 0.289 e. The fourth-order valence-corrected chi connectivity index (χ4v) is 7.38. The molecule has 0 saturated heterocycles. The van der Waals surface area contributed by atoms with E-state index < -0.39 is 11.6 Å². The maximum Gasteiger partial charge on any atom is 0.193 e. The van der Waals surface area contributed by atoms with Gasteiger partial charge in [-0.1, -0.05) is 127 Å². The number of halogens is 2. The maximum absolute atomic E-state index is 15.4. The number of carbonyl (C=O) groups is 1. The summed E-state index contributed by atoms with van der Waals surface area (Å²) < 4.78 is 30.7. The first-order chi connectivity index (χ1) is 24.5. The van der Waals surface area contributed by atoms with Crippen molar-refractivity contribution >= 4 is 48.9 Å². The van der Waals surface area contributed by atoms with Crippen molar-refractivity contribution in [3.63, 3.8) is 0 Å². The lowest BCUT2D eigenvalue weighted by Crippen LogP contribution is -2.05. The molecule has 0 aliphatic rings. The van der Waals surface area contributed by atoms with Gasteiger partial charge >= 0.3 is 0 Å². The Hall–Kier alpha value is -6.45. The van der Waals surface area contributed by atoms with E-state index in [2.05, 4.69) is 91.0 Å². The third kappa shape index (κ3) is 4.94. The second-order valence-corrected chi connectivity index (χ2v) is 12.7. The van der Waals surface area contributed by atoms with Crippen LogP contribution in [0.1, 0.15) is 15.9 Å². The van der Waals surface area contributed by atoms with Crippen LogP contribution in [0, 0.1) is 11.6 Å². The summed E-state index contributed by atoms with van der Waals surface area (Å²) in [4.78, 5) is 14.0. The van der Waals surface area contributed by atoms with E-state index in [0.717, 1.165) is 43.4 Å². The van der Waals surface area contributed by atoms with Crippen molar-refractivity contribution in [1.82, 2.24) is 0 Å². The molecule has 0 atom stereocenters. The Morgan fingerprint density at radius 3 is 1.40 bits per heavy atom. The Labute approximate surface area is 287 Å². The van der Waals surface area contributed by atoms with Gasteiger partial charge in [-0.15, -0.1) is 0 Å². The van der Waals surface area contributed by atoms with Crippen LogP contribution in [-0.2, 0) is 0 Å². The topological polar surface area (TPSA) is 17.1 Å². The molecule has 50 heavy (non-hydrogen) atoms. The third-order valence-corrected chi connectivity index (χ3v) is 9.72. The van der Waals surface area contributed by atoms with Crippen LogP contribution in [0.2, 0.25) is 0 Å². The molecule has 0 N–H and O–H groups in total. The van der Waals surface area contributed by atoms with Crippen LogP contribution in [0.4, 0.5) is 8.78 Å². The molecule has 0 radical (unpaired) electrons. The fourth-order valence-electron chi connectivity index (χ4n) is 7.38. The number of carbonyl (C=O) groups excluding carboxylic acids is 1. The molecule has 1 nitrogen and oxygen atoms in total. The minimum atomic E-state index is -0.686. The molecule has 0 unspecified atom stereocenters. The number of rotatable bonds is 5. The molecule has 0 saturated carbocycles. The molecular formula is C47H28F2O. The van der Waals surface area contributed by atoms with E-state index in [-0.39, 0.29) is 11.3 Å². The van der Waals surface area contributed by atoms with E-state index in [1.807, 2.05) is 30.3 Å². The van der Waals surface area contributed by atoms with Crippen molar-refractivity contribution in [2.45, 2.75) is 0 Å². The van der Waals surface area contributed by atoms with Crippen LogP contribution in [0.25, 0.3) is 76.5 Å². The summed E-state index contributed by atoms with van der Waals surface area (Å²) in [5.74, 6) is -1.59. The summed E-state index contributed by atoms with van der Waals surface area (Å²) in [6, 6.07) is 54.0. The minimum Gasteiger partial charge on any atom is -0.289 e. The first-order valence-electron chi connectivity index (χ1n) is 16.6. The molecule has 9 aromatic carbocycles. The highest BCUT2D eigenvalue weighted by Gasteiger charge is 2.23. The quantitative estimate of drug-likeness (QED) is 0.134. The molecule has 0 spiro atoms. The normalized spacial score (nSPS) is 11.5. The van der Waals surface area contributed by atoms with Gasteiger partial charge in [0.2, 0.25) is 0 Å². The zero-order valence-electron chi connectivity index (χ0n) is 26.8. The minimum absolute atomic E-state index is 0.159. The molecule has 0 aromatic heterocycles. The fraction of sp³-hybridized carbons (Fsp3) is 0. The van der Waals surface area contributed by atoms with Crippen molar-refractivity contribution in [2.24, 2.45) is 0 Å². The van der Waals surface area contributed by atoms with Gasteiger partial charge < -0.3 is 0 Å². The summed E-state index contributed by atoms with van der Waals surface area (Å²) in [6.07, 6.45) is 0. The van der Waals surface area contributed by atoms with E-state index >= 15 is 8.78 Å². The molecule has 236 valence electrons. The summed E-state index contributed by atoms with van der Waals surface area (Å²) in [5, 5.41) is 9.21. The van der Waals surface area contributed by atoms with E-state index in [0.29, 0.717) is 27.8 Å². The van der Waals surface area contributed by atoms with Crippen LogP contribution in [-0.4, -0.2) is 5.78 Å². The van der Waals surface area contributed by atoms with Crippen molar-refractivity contribution in [1.29, 1.82) is 0 Å². The smallest absolute Gasteiger partial charge is 0.193 e. The second-order valence-electron chi connectivity index (χ2n) is 12.7. The Morgan fingerprint density at radius 1 is 0.380 bits per heavy atom. The van der Waals surface area contributed by atoms with Crippen molar-refractivity contribution in [2.75, 3.05) is 0 Å². The van der Waals surface area contributed by atoms with Crippen molar-refractivity contribution in [3.05, 3.63) is 193 Å². The van der Waals surface area contributed by atoms with Gasteiger partial charge in [0.25, 0.3) is 0 Å². The molecule has 0 bridgehead atoms. The SMILES string of the molecule is O=C(c1ccccc1)c1cccc(-c2c(F)cccc2F)c1-c1ccc(-c2c3cc4ccccc4cc3cc3cc4ccccc4cc23)cc1. The molecule has 9 rings (SSSR count). The highest BCUT2D eigenvalue weighted by molar-refractivity contribution is 6.18. The number of hydrogen-bond acceptors (Lipinski definition) is 1. The highest BCUT2D eigenvalue weighted by Crippen LogP contribution is 2.43. The summed E-state index contributed by atoms with van der Waals surface area (Å²) in [7, 11) is 0. The number of ketones is 1. The molecule has 0 aliphatic heterocycles. The van der Waals surface area contributed by atoms with Crippen LogP contribution in [0.5, 0.6) is 0 Å². The second kappa shape index (κ2) is 11.9. The van der Waals surface area contributed by atoms with Crippen LogP contribution in [0.15, 0.2) is 170 Å².